The third-order valence-electron chi connectivity index (χ3n) is 5.11. The van der Waals surface area contributed by atoms with E-state index in [1.807, 2.05) is 13.0 Å². The molecule has 0 spiro atoms. The minimum absolute atomic E-state index is 0.0512. The van der Waals surface area contributed by atoms with Crippen molar-refractivity contribution in [3.63, 3.8) is 0 Å². The van der Waals surface area contributed by atoms with Crippen LogP contribution in [-0.4, -0.2) is 45.2 Å². The monoisotopic (exact) mass is 502 g/mol. The van der Waals surface area contributed by atoms with E-state index in [4.69, 9.17) is 0 Å². The van der Waals surface area contributed by atoms with Gasteiger partial charge in [-0.2, -0.15) is 11.8 Å². The molecule has 0 bridgehead atoms. The van der Waals surface area contributed by atoms with Gasteiger partial charge in [0.1, 0.15) is 6.04 Å². The number of rotatable bonds is 15. The fraction of sp³-hybridized carbons (Fsp3) is 0.423. The number of thioether (sulfide) groups is 1. The van der Waals surface area contributed by atoms with Crippen molar-refractivity contribution in [2.24, 2.45) is 0 Å². The molecule has 1 amide bonds. The smallest absolute Gasteiger partial charge is 0.327 e. The molecule has 9 heteroatoms. The van der Waals surface area contributed by atoms with Gasteiger partial charge in [-0.05, 0) is 65.5 Å². The number of nitrogens with zero attached hydrogens (tertiary/aromatic N) is 1. The number of aliphatic carboxylic acids is 1. The van der Waals surface area contributed by atoms with Gasteiger partial charge < -0.3 is 10.4 Å². The number of hydrogen-bond acceptors (Lipinski definition) is 6. The number of nitrogens with one attached hydrogen (secondary N) is 1. The van der Waals surface area contributed by atoms with Crippen LogP contribution in [0.4, 0.5) is 5.69 Å². The number of non-ortho nitro benzene ring substituents is 1. The van der Waals surface area contributed by atoms with Gasteiger partial charge in [-0.1, -0.05) is 34.9 Å². The molecule has 0 aromatic heterocycles. The first kappa shape index (κ1) is 29.8. The van der Waals surface area contributed by atoms with E-state index < -0.39 is 28.6 Å². The van der Waals surface area contributed by atoms with Gasteiger partial charge in [-0.25, -0.2) is 4.79 Å². The second-order valence-electron chi connectivity index (χ2n) is 8.49. The van der Waals surface area contributed by atoms with E-state index in [0.717, 1.165) is 49.9 Å². The zero-order chi connectivity index (χ0) is 26.4. The highest BCUT2D eigenvalue weighted by molar-refractivity contribution is 7.99. The lowest BCUT2D eigenvalue weighted by molar-refractivity contribution is -0.384. The number of hydrogen-bond donors (Lipinski definition) is 2. The van der Waals surface area contributed by atoms with E-state index >= 15 is 0 Å². The summed E-state index contributed by atoms with van der Waals surface area (Å²) in [6.45, 7) is 8.37. The van der Waals surface area contributed by atoms with Crippen LogP contribution in [0.2, 0.25) is 0 Å². The highest BCUT2D eigenvalue weighted by Crippen LogP contribution is 2.14. The lowest BCUT2D eigenvalue weighted by Gasteiger charge is -2.13. The molecule has 0 aliphatic rings. The molecule has 0 saturated heterocycles. The Balaban J connectivity index is 2.48. The molecule has 190 valence electrons. The van der Waals surface area contributed by atoms with Crippen molar-refractivity contribution in [2.45, 2.75) is 59.4 Å². The summed E-state index contributed by atoms with van der Waals surface area (Å²) in [6, 6.07) is 3.33. The van der Waals surface area contributed by atoms with Gasteiger partial charge in [0.25, 0.3) is 11.6 Å². The molecule has 0 fully saturated rings. The van der Waals surface area contributed by atoms with Gasteiger partial charge in [-0.3, -0.25) is 19.7 Å². The summed E-state index contributed by atoms with van der Waals surface area (Å²) in [7, 11) is 0. The van der Waals surface area contributed by atoms with Gasteiger partial charge in [-0.15, -0.1) is 0 Å². The fourth-order valence-electron chi connectivity index (χ4n) is 2.99. The van der Waals surface area contributed by atoms with Crippen LogP contribution in [0.25, 0.3) is 0 Å². The van der Waals surface area contributed by atoms with Gasteiger partial charge in [0, 0.05) is 29.2 Å². The first-order valence-electron chi connectivity index (χ1n) is 11.4. The van der Waals surface area contributed by atoms with E-state index in [1.165, 1.54) is 28.5 Å². The van der Waals surface area contributed by atoms with E-state index in [2.05, 4.69) is 38.2 Å². The van der Waals surface area contributed by atoms with Crippen LogP contribution in [0.1, 0.15) is 63.7 Å². The lowest BCUT2D eigenvalue weighted by Crippen LogP contribution is -2.45. The Bertz CT molecular complexity index is 992. The minimum Gasteiger partial charge on any atom is -0.480 e. The number of carboxylic acids is 1. The second-order valence-corrected chi connectivity index (χ2v) is 9.57. The SMILES string of the molecule is CC(C)=CCC/C(C)=C/CC/C(C)=C/CSC[C@H](NC(=O)C(=O)c1ccc([N+](=O)[O-])cc1)C(=O)O. The van der Waals surface area contributed by atoms with Crippen LogP contribution in [-0.2, 0) is 9.59 Å². The Labute approximate surface area is 210 Å². The second kappa shape index (κ2) is 15.7. The first-order valence-corrected chi connectivity index (χ1v) is 12.5. The molecule has 0 aliphatic carbocycles. The Hall–Kier alpha value is -3.20. The van der Waals surface area contributed by atoms with Crippen molar-refractivity contribution >= 4 is 35.1 Å². The molecule has 0 unspecified atom stereocenters. The molecular weight excluding hydrogens is 468 g/mol. The zero-order valence-electron chi connectivity index (χ0n) is 20.7. The van der Waals surface area contributed by atoms with Gasteiger partial charge >= 0.3 is 5.97 Å². The molecule has 0 radical (unpaired) electrons. The maximum Gasteiger partial charge on any atom is 0.327 e. The third-order valence-corrected chi connectivity index (χ3v) is 6.08. The van der Waals surface area contributed by atoms with Crippen LogP contribution in [0.3, 0.4) is 0 Å². The number of carboxylic acid groups (broad SMARTS) is 1. The molecule has 1 atom stereocenters. The summed E-state index contributed by atoms with van der Waals surface area (Å²) in [5, 5.41) is 22.3. The molecule has 0 heterocycles. The molecule has 1 rings (SSSR count). The van der Waals surface area contributed by atoms with E-state index in [1.54, 1.807) is 0 Å². The van der Waals surface area contributed by atoms with Gasteiger partial charge in [0.2, 0.25) is 5.78 Å². The Morgan fingerprint density at radius 1 is 1.00 bits per heavy atom. The lowest BCUT2D eigenvalue weighted by atomic mass is 10.1. The molecule has 8 nitrogen and oxygen atoms in total. The summed E-state index contributed by atoms with van der Waals surface area (Å²) in [4.78, 5) is 46.0. The van der Waals surface area contributed by atoms with Crippen LogP contribution in [0.5, 0.6) is 0 Å². The molecule has 1 aromatic rings. The number of carbonyl (C=O) groups excluding carboxylic acids is 2. The van der Waals surface area contributed by atoms with Crippen molar-refractivity contribution in [3.8, 4) is 0 Å². The number of Topliss-reactive ketones (excluding diaryl/α,β-unsaturated/α-hetero) is 1. The first-order chi connectivity index (χ1) is 16.5. The maximum atomic E-state index is 12.2. The number of benzene rings is 1. The van der Waals surface area contributed by atoms with Crippen molar-refractivity contribution in [1.82, 2.24) is 5.32 Å². The molecule has 0 aliphatic heterocycles. The van der Waals surface area contributed by atoms with Crippen LogP contribution in [0.15, 0.2) is 59.2 Å². The Morgan fingerprint density at radius 3 is 2.11 bits per heavy atom. The molecule has 2 N–H and O–H groups in total. The highest BCUT2D eigenvalue weighted by Gasteiger charge is 2.24. The number of nitro groups is 1. The number of ketones is 1. The van der Waals surface area contributed by atoms with Crippen LogP contribution in [0, 0.1) is 10.1 Å². The normalized spacial score (nSPS) is 12.6. The van der Waals surface area contributed by atoms with Gasteiger partial charge in [0.05, 0.1) is 4.92 Å². The van der Waals surface area contributed by atoms with Crippen LogP contribution >= 0.6 is 11.8 Å². The number of carbonyl (C=O) groups is 3. The largest absolute Gasteiger partial charge is 0.480 e. The number of nitro benzene ring substituents is 1. The number of allylic oxidation sites excluding steroid dienone is 5. The maximum absolute atomic E-state index is 12.2. The highest BCUT2D eigenvalue weighted by atomic mass is 32.2. The quantitative estimate of drug-likeness (QED) is 0.0809. The third kappa shape index (κ3) is 12.2. The standard InChI is InChI=1S/C26H34N2O6S/c1-18(2)7-5-8-19(3)9-6-10-20(4)15-16-35-17-23(26(31)32)27-25(30)24(29)21-11-13-22(14-12-21)28(33)34/h7,9,11-15,23H,5-6,8,10,16-17H2,1-4H3,(H,27,30)(H,31,32)/b19-9+,20-15+/t23-/m0/s1. The summed E-state index contributed by atoms with van der Waals surface area (Å²) < 4.78 is 0. The summed E-state index contributed by atoms with van der Waals surface area (Å²) in [6.07, 6.45) is 10.5. The van der Waals surface area contributed by atoms with Crippen LogP contribution < -0.4 is 5.32 Å². The van der Waals surface area contributed by atoms with Gasteiger partial charge in [0.15, 0.2) is 0 Å². The average Bonchev–Trinajstić information content (AvgIpc) is 2.80. The number of amides is 1. The topological polar surface area (TPSA) is 127 Å². The summed E-state index contributed by atoms with van der Waals surface area (Å²) in [5.41, 5.74) is 3.64. The van der Waals surface area contributed by atoms with Crippen molar-refractivity contribution in [3.05, 3.63) is 74.9 Å². The predicted octanol–water partition coefficient (Wildman–Crippen LogP) is 5.50. The predicted molar refractivity (Wildman–Crippen MR) is 140 cm³/mol. The Morgan fingerprint density at radius 2 is 1.57 bits per heavy atom. The molecule has 1 aromatic carbocycles. The molecular formula is C26H34N2O6S. The summed E-state index contributed by atoms with van der Waals surface area (Å²) in [5.74, 6) is -2.56. The fourth-order valence-corrected chi connectivity index (χ4v) is 3.99. The summed E-state index contributed by atoms with van der Waals surface area (Å²) >= 11 is 1.35. The van der Waals surface area contributed by atoms with Crippen molar-refractivity contribution in [1.29, 1.82) is 0 Å². The molecule has 35 heavy (non-hydrogen) atoms. The zero-order valence-corrected chi connectivity index (χ0v) is 21.5. The average molecular weight is 503 g/mol. The van der Waals surface area contributed by atoms with E-state index in [0.29, 0.717) is 5.75 Å². The van der Waals surface area contributed by atoms with E-state index in [-0.39, 0.29) is 17.0 Å². The van der Waals surface area contributed by atoms with Crippen molar-refractivity contribution in [2.75, 3.05) is 11.5 Å². The van der Waals surface area contributed by atoms with Crippen molar-refractivity contribution < 1.29 is 24.4 Å². The Kier molecular flexibility index (Phi) is 13.3. The van der Waals surface area contributed by atoms with E-state index in [9.17, 15) is 29.6 Å². The molecule has 0 saturated carbocycles. The minimum atomic E-state index is -1.24.